The van der Waals surface area contributed by atoms with Gasteiger partial charge in [0.2, 0.25) is 0 Å². The molecule has 0 bridgehead atoms. The van der Waals surface area contributed by atoms with Gasteiger partial charge in [0.05, 0.1) is 7.11 Å². The third-order valence-corrected chi connectivity index (χ3v) is 5.21. The minimum atomic E-state index is -0.116. The van der Waals surface area contributed by atoms with Gasteiger partial charge in [0, 0.05) is 37.4 Å². The second-order valence-corrected chi connectivity index (χ2v) is 6.23. The minimum Gasteiger partial charge on any atom is -0.494 e. The van der Waals surface area contributed by atoms with Crippen molar-refractivity contribution in [2.75, 3.05) is 31.6 Å². The number of anilines is 1. The van der Waals surface area contributed by atoms with Gasteiger partial charge in [-0.05, 0) is 36.3 Å². The smallest absolute Gasteiger partial charge is 0.170 e. The lowest BCUT2D eigenvalue weighted by molar-refractivity contribution is 0.372. The Balaban J connectivity index is 0.00000132. The zero-order valence-corrected chi connectivity index (χ0v) is 13.1. The van der Waals surface area contributed by atoms with Crippen LogP contribution >= 0.6 is 12.4 Å². The quantitative estimate of drug-likeness (QED) is 0.862. The average molecular weight is 313 g/mol. The number of rotatable bonds is 1. The number of nitrogens with one attached hydrogen (secondary N) is 1. The van der Waals surface area contributed by atoms with Crippen LogP contribution in [-0.4, -0.2) is 26.7 Å². The highest BCUT2D eigenvalue weighted by Crippen LogP contribution is 2.51. The fourth-order valence-electron chi connectivity index (χ4n) is 4.34. The van der Waals surface area contributed by atoms with Crippen LogP contribution in [0.1, 0.15) is 36.3 Å². The standard InChI is InChI=1S/C16H21FN2O.ClH/c1-20-13-7-11-8-18-5-6-19-9-10-3-2-4-12(10)14(15(13)17)16(11)19;/h7,10,12,18H,2-6,8-9H2,1H3;1H. The highest BCUT2D eigenvalue weighted by molar-refractivity contribution is 5.85. The second-order valence-electron chi connectivity index (χ2n) is 6.23. The van der Waals surface area contributed by atoms with Gasteiger partial charge in [-0.3, -0.25) is 0 Å². The molecule has 1 aliphatic carbocycles. The molecule has 1 fully saturated rings. The first-order valence-corrected chi connectivity index (χ1v) is 7.64. The van der Waals surface area contributed by atoms with Crippen LogP contribution in [0, 0.1) is 11.7 Å². The van der Waals surface area contributed by atoms with Gasteiger partial charge in [0.15, 0.2) is 11.6 Å². The van der Waals surface area contributed by atoms with Gasteiger partial charge >= 0.3 is 0 Å². The first kappa shape index (κ1) is 14.9. The first-order valence-electron chi connectivity index (χ1n) is 7.64. The van der Waals surface area contributed by atoms with E-state index < -0.39 is 0 Å². The van der Waals surface area contributed by atoms with Crippen LogP contribution in [0.2, 0.25) is 0 Å². The molecule has 3 nitrogen and oxygen atoms in total. The summed E-state index contributed by atoms with van der Waals surface area (Å²) in [5.41, 5.74) is 3.30. The third kappa shape index (κ3) is 2.20. The van der Waals surface area contributed by atoms with E-state index in [1.807, 2.05) is 6.07 Å². The van der Waals surface area contributed by atoms with E-state index in [4.69, 9.17) is 4.74 Å². The van der Waals surface area contributed by atoms with E-state index in [2.05, 4.69) is 10.2 Å². The van der Waals surface area contributed by atoms with Crippen molar-refractivity contribution in [2.24, 2.45) is 5.92 Å². The van der Waals surface area contributed by atoms with Gasteiger partial charge in [0.25, 0.3) is 0 Å². The zero-order chi connectivity index (χ0) is 13.7. The van der Waals surface area contributed by atoms with Crippen molar-refractivity contribution >= 4 is 18.1 Å². The Kier molecular flexibility index (Phi) is 4.02. The predicted octanol–water partition coefficient (Wildman–Crippen LogP) is 3.06. The molecule has 0 saturated heterocycles. The molecule has 4 rings (SSSR count). The molecule has 1 N–H and O–H groups in total. The second kappa shape index (κ2) is 5.65. The number of benzene rings is 1. The maximum absolute atomic E-state index is 14.9. The van der Waals surface area contributed by atoms with Crippen LogP contribution in [0.15, 0.2) is 6.07 Å². The van der Waals surface area contributed by atoms with E-state index in [0.717, 1.165) is 43.9 Å². The van der Waals surface area contributed by atoms with Gasteiger partial charge in [-0.2, -0.15) is 0 Å². The Labute approximate surface area is 131 Å². The van der Waals surface area contributed by atoms with Gasteiger partial charge < -0.3 is 15.0 Å². The molecule has 2 unspecified atom stereocenters. The molecule has 0 aromatic heterocycles. The fourth-order valence-corrected chi connectivity index (χ4v) is 4.34. The molecule has 21 heavy (non-hydrogen) atoms. The van der Waals surface area contributed by atoms with Gasteiger partial charge in [-0.15, -0.1) is 12.4 Å². The summed E-state index contributed by atoms with van der Waals surface area (Å²) in [6.45, 7) is 3.86. The molecule has 5 heteroatoms. The van der Waals surface area contributed by atoms with Crippen LogP contribution in [0.5, 0.6) is 5.75 Å². The zero-order valence-electron chi connectivity index (χ0n) is 12.3. The number of fused-ring (bicyclic) bond motifs is 2. The van der Waals surface area contributed by atoms with E-state index in [-0.39, 0.29) is 18.2 Å². The van der Waals surface area contributed by atoms with Crippen LogP contribution in [-0.2, 0) is 6.54 Å². The van der Waals surface area contributed by atoms with Crippen LogP contribution in [0.25, 0.3) is 0 Å². The van der Waals surface area contributed by atoms with E-state index in [1.54, 1.807) is 7.11 Å². The molecule has 0 amide bonds. The molecule has 1 saturated carbocycles. The summed E-state index contributed by atoms with van der Waals surface area (Å²) in [5, 5.41) is 3.44. The van der Waals surface area contributed by atoms with E-state index >= 15 is 0 Å². The number of hydrogen-bond donors (Lipinski definition) is 1. The molecule has 0 radical (unpaired) electrons. The Morgan fingerprint density at radius 1 is 1.38 bits per heavy atom. The monoisotopic (exact) mass is 312 g/mol. The highest BCUT2D eigenvalue weighted by atomic mass is 35.5. The van der Waals surface area contributed by atoms with E-state index in [1.165, 1.54) is 18.4 Å². The van der Waals surface area contributed by atoms with Crippen molar-refractivity contribution in [3.8, 4) is 5.75 Å². The molecular weight excluding hydrogens is 291 g/mol. The van der Waals surface area contributed by atoms with Crippen molar-refractivity contribution in [3.05, 3.63) is 23.0 Å². The first-order chi connectivity index (χ1) is 9.79. The normalized spacial score (nSPS) is 26.5. The van der Waals surface area contributed by atoms with E-state index in [0.29, 0.717) is 17.6 Å². The summed E-state index contributed by atoms with van der Waals surface area (Å²) < 4.78 is 20.1. The van der Waals surface area contributed by atoms with E-state index in [9.17, 15) is 4.39 Å². The number of hydrogen-bond acceptors (Lipinski definition) is 3. The summed E-state index contributed by atoms with van der Waals surface area (Å²) in [4.78, 5) is 2.40. The lowest BCUT2D eigenvalue weighted by Crippen LogP contribution is -2.38. The van der Waals surface area contributed by atoms with Crippen LogP contribution in [0.3, 0.4) is 0 Å². The SMILES string of the molecule is COc1cc2c3c(c1F)C1CCCC1CN3CCNC2.Cl. The largest absolute Gasteiger partial charge is 0.494 e. The molecule has 0 spiro atoms. The predicted molar refractivity (Wildman–Crippen MR) is 84.2 cm³/mol. The number of methoxy groups -OCH3 is 1. The molecule has 2 atom stereocenters. The summed E-state index contributed by atoms with van der Waals surface area (Å²) in [7, 11) is 1.56. The lowest BCUT2D eigenvalue weighted by atomic mass is 9.82. The van der Waals surface area contributed by atoms with Crippen molar-refractivity contribution in [3.63, 3.8) is 0 Å². The molecular formula is C16H22ClFN2O. The molecule has 1 aromatic rings. The lowest BCUT2D eigenvalue weighted by Gasteiger charge is -2.39. The average Bonchev–Trinajstić information content (AvgIpc) is 2.83. The minimum absolute atomic E-state index is 0. The number of ether oxygens (including phenoxy) is 1. The van der Waals surface area contributed by atoms with Crippen LogP contribution < -0.4 is 15.0 Å². The Bertz CT molecular complexity index is 552. The van der Waals surface area contributed by atoms with Crippen molar-refractivity contribution in [2.45, 2.75) is 31.7 Å². The van der Waals surface area contributed by atoms with Gasteiger partial charge in [-0.1, -0.05) is 6.42 Å². The Morgan fingerprint density at radius 2 is 2.24 bits per heavy atom. The molecule has 2 heterocycles. The number of halogens is 2. The number of nitrogens with zero attached hydrogens (tertiary/aromatic N) is 1. The molecule has 2 aliphatic heterocycles. The van der Waals surface area contributed by atoms with Gasteiger partial charge in [0.1, 0.15) is 0 Å². The van der Waals surface area contributed by atoms with Crippen molar-refractivity contribution < 1.29 is 9.13 Å². The molecule has 1 aromatic carbocycles. The molecule has 3 aliphatic rings. The van der Waals surface area contributed by atoms with Gasteiger partial charge in [-0.25, -0.2) is 4.39 Å². The topological polar surface area (TPSA) is 24.5 Å². The van der Waals surface area contributed by atoms with Crippen LogP contribution in [0.4, 0.5) is 10.1 Å². The summed E-state index contributed by atoms with van der Waals surface area (Å²) in [6, 6.07) is 1.88. The third-order valence-electron chi connectivity index (χ3n) is 5.21. The fraction of sp³-hybridized carbons (Fsp3) is 0.625. The Morgan fingerprint density at radius 3 is 3.05 bits per heavy atom. The summed E-state index contributed by atoms with van der Waals surface area (Å²) in [6.07, 6.45) is 3.59. The summed E-state index contributed by atoms with van der Waals surface area (Å²) >= 11 is 0. The van der Waals surface area contributed by atoms with Crippen molar-refractivity contribution in [1.82, 2.24) is 5.32 Å². The van der Waals surface area contributed by atoms with Crippen molar-refractivity contribution in [1.29, 1.82) is 0 Å². The molecule has 116 valence electrons. The maximum atomic E-state index is 14.9. The Hall–Kier alpha value is -1.00. The highest BCUT2D eigenvalue weighted by Gasteiger charge is 2.40. The summed E-state index contributed by atoms with van der Waals surface area (Å²) in [5.74, 6) is 1.31. The maximum Gasteiger partial charge on any atom is 0.170 e.